The molecule has 2 aromatic carbocycles. The number of urea groups is 1. The van der Waals surface area contributed by atoms with Crippen LogP contribution in [-0.4, -0.2) is 29.8 Å². The van der Waals surface area contributed by atoms with Crippen LogP contribution < -0.4 is 16.1 Å². The third kappa shape index (κ3) is 5.51. The third-order valence-electron chi connectivity index (χ3n) is 3.12. The maximum atomic E-state index is 12.0. The van der Waals surface area contributed by atoms with Crippen molar-refractivity contribution in [2.75, 3.05) is 11.9 Å². The standard InChI is InChI=1S/C18H18N4O3/c1-2-11-19-18(25)21-15-9-7-13(8-10-15)17(24)22-20-12-14-5-3-4-6-16(14)23/h2-10,12,23H,1,11H2,(H,22,24)(H2,19,21,25)/b20-12-. The number of benzene rings is 2. The molecule has 7 nitrogen and oxygen atoms in total. The molecule has 7 heteroatoms. The lowest BCUT2D eigenvalue weighted by atomic mass is 10.2. The lowest BCUT2D eigenvalue weighted by Gasteiger charge is -2.06. The molecule has 0 radical (unpaired) electrons. The molecular formula is C18H18N4O3. The van der Waals surface area contributed by atoms with Gasteiger partial charge in [-0.25, -0.2) is 10.2 Å². The van der Waals surface area contributed by atoms with Crippen molar-refractivity contribution in [1.29, 1.82) is 0 Å². The van der Waals surface area contributed by atoms with E-state index < -0.39 is 5.91 Å². The van der Waals surface area contributed by atoms with Crippen LogP contribution in [0.1, 0.15) is 15.9 Å². The second-order valence-electron chi connectivity index (χ2n) is 4.96. The first-order valence-electron chi connectivity index (χ1n) is 7.47. The van der Waals surface area contributed by atoms with E-state index in [1.807, 2.05) is 0 Å². The highest BCUT2D eigenvalue weighted by molar-refractivity contribution is 5.96. The van der Waals surface area contributed by atoms with E-state index in [-0.39, 0.29) is 11.8 Å². The number of amides is 3. The van der Waals surface area contributed by atoms with Gasteiger partial charge < -0.3 is 15.7 Å². The van der Waals surface area contributed by atoms with E-state index in [9.17, 15) is 14.7 Å². The van der Waals surface area contributed by atoms with Crippen molar-refractivity contribution in [3.05, 3.63) is 72.3 Å². The first kappa shape index (κ1) is 17.7. The molecule has 25 heavy (non-hydrogen) atoms. The second kappa shape index (κ2) is 8.88. The second-order valence-corrected chi connectivity index (χ2v) is 4.96. The maximum Gasteiger partial charge on any atom is 0.319 e. The molecule has 0 atom stereocenters. The van der Waals surface area contributed by atoms with Gasteiger partial charge in [0.2, 0.25) is 0 Å². The van der Waals surface area contributed by atoms with Gasteiger partial charge in [0.25, 0.3) is 5.91 Å². The Balaban J connectivity index is 1.91. The Morgan fingerprint density at radius 3 is 2.52 bits per heavy atom. The molecule has 4 N–H and O–H groups in total. The number of para-hydroxylation sites is 1. The predicted octanol–water partition coefficient (Wildman–Crippen LogP) is 2.46. The summed E-state index contributed by atoms with van der Waals surface area (Å²) < 4.78 is 0. The average molecular weight is 338 g/mol. The zero-order chi connectivity index (χ0) is 18.1. The SMILES string of the molecule is C=CCNC(=O)Nc1ccc(C(=O)N/N=C\c2ccccc2O)cc1. The summed E-state index contributed by atoms with van der Waals surface area (Å²) in [5.41, 5.74) is 3.80. The van der Waals surface area contributed by atoms with Gasteiger partial charge in [-0.05, 0) is 36.4 Å². The van der Waals surface area contributed by atoms with Crippen molar-refractivity contribution < 1.29 is 14.7 Å². The van der Waals surface area contributed by atoms with E-state index in [0.29, 0.717) is 23.4 Å². The molecule has 2 aromatic rings. The summed E-state index contributed by atoms with van der Waals surface area (Å²) >= 11 is 0. The minimum Gasteiger partial charge on any atom is -0.507 e. The smallest absolute Gasteiger partial charge is 0.319 e. The summed E-state index contributed by atoms with van der Waals surface area (Å²) in [6.07, 6.45) is 2.93. The molecule has 128 valence electrons. The molecule has 3 amide bonds. The summed E-state index contributed by atoms with van der Waals surface area (Å²) in [7, 11) is 0. The first-order valence-corrected chi connectivity index (χ1v) is 7.47. The van der Waals surface area contributed by atoms with Gasteiger partial charge in [-0.2, -0.15) is 5.10 Å². The van der Waals surface area contributed by atoms with Crippen LogP contribution >= 0.6 is 0 Å². The number of phenolic OH excluding ortho intramolecular Hbond substituents is 1. The van der Waals surface area contributed by atoms with Gasteiger partial charge in [0.05, 0.1) is 6.21 Å². The van der Waals surface area contributed by atoms with Gasteiger partial charge in [-0.3, -0.25) is 4.79 Å². The van der Waals surface area contributed by atoms with Crippen LogP contribution in [0.5, 0.6) is 5.75 Å². The van der Waals surface area contributed by atoms with Gasteiger partial charge in [0.1, 0.15) is 5.75 Å². The largest absolute Gasteiger partial charge is 0.507 e. The zero-order valence-electron chi connectivity index (χ0n) is 13.4. The number of rotatable bonds is 6. The molecule has 0 saturated carbocycles. The normalized spacial score (nSPS) is 10.2. The average Bonchev–Trinajstić information content (AvgIpc) is 2.62. The fourth-order valence-corrected chi connectivity index (χ4v) is 1.87. The van der Waals surface area contributed by atoms with E-state index in [1.54, 1.807) is 48.5 Å². The van der Waals surface area contributed by atoms with Crippen molar-refractivity contribution in [2.24, 2.45) is 5.10 Å². The molecule has 0 unspecified atom stereocenters. The van der Waals surface area contributed by atoms with Gasteiger partial charge >= 0.3 is 6.03 Å². The number of hydrazone groups is 1. The van der Waals surface area contributed by atoms with Crippen LogP contribution in [-0.2, 0) is 0 Å². The molecule has 0 fully saturated rings. The summed E-state index contributed by atoms with van der Waals surface area (Å²) in [6.45, 7) is 3.87. The Morgan fingerprint density at radius 2 is 1.84 bits per heavy atom. The number of anilines is 1. The monoisotopic (exact) mass is 338 g/mol. The van der Waals surface area contributed by atoms with Crippen molar-refractivity contribution >= 4 is 23.8 Å². The summed E-state index contributed by atoms with van der Waals surface area (Å²) in [5, 5.41) is 18.6. The van der Waals surface area contributed by atoms with Gasteiger partial charge in [0.15, 0.2) is 0 Å². The fourth-order valence-electron chi connectivity index (χ4n) is 1.87. The summed E-state index contributed by atoms with van der Waals surface area (Å²) in [5.74, 6) is -0.333. The highest BCUT2D eigenvalue weighted by Crippen LogP contribution is 2.12. The minimum absolute atomic E-state index is 0.0747. The topological polar surface area (TPSA) is 103 Å². The van der Waals surface area contributed by atoms with E-state index >= 15 is 0 Å². The van der Waals surface area contributed by atoms with Crippen LogP contribution in [0.4, 0.5) is 10.5 Å². The summed E-state index contributed by atoms with van der Waals surface area (Å²) in [4.78, 5) is 23.5. The number of nitrogens with zero attached hydrogens (tertiary/aromatic N) is 1. The number of aromatic hydroxyl groups is 1. The molecule has 0 bridgehead atoms. The summed E-state index contributed by atoms with van der Waals surface area (Å²) in [6, 6.07) is 12.6. The van der Waals surface area contributed by atoms with Crippen LogP contribution in [0.2, 0.25) is 0 Å². The van der Waals surface area contributed by atoms with Crippen molar-refractivity contribution in [2.45, 2.75) is 0 Å². The quantitative estimate of drug-likeness (QED) is 0.369. The molecule has 0 aromatic heterocycles. The van der Waals surface area contributed by atoms with E-state index in [4.69, 9.17) is 0 Å². The first-order chi connectivity index (χ1) is 12.1. The predicted molar refractivity (Wildman–Crippen MR) is 96.8 cm³/mol. The molecule has 0 aliphatic rings. The van der Waals surface area contributed by atoms with Crippen LogP contribution in [0, 0.1) is 0 Å². The minimum atomic E-state index is -0.408. The van der Waals surface area contributed by atoms with Gasteiger partial charge in [-0.1, -0.05) is 18.2 Å². The highest BCUT2D eigenvalue weighted by atomic mass is 16.3. The number of hydrogen-bond acceptors (Lipinski definition) is 4. The van der Waals surface area contributed by atoms with E-state index in [2.05, 4.69) is 27.7 Å². The molecule has 0 spiro atoms. The molecule has 0 aliphatic heterocycles. The number of phenols is 1. The molecule has 0 saturated heterocycles. The molecule has 2 rings (SSSR count). The lowest BCUT2D eigenvalue weighted by Crippen LogP contribution is -2.28. The van der Waals surface area contributed by atoms with Crippen molar-refractivity contribution in [1.82, 2.24) is 10.7 Å². The Labute approximate surface area is 145 Å². The Bertz CT molecular complexity index is 785. The van der Waals surface area contributed by atoms with E-state index in [1.165, 1.54) is 12.3 Å². The molecular weight excluding hydrogens is 320 g/mol. The maximum absolute atomic E-state index is 12.0. The van der Waals surface area contributed by atoms with Crippen molar-refractivity contribution in [3.63, 3.8) is 0 Å². The lowest BCUT2D eigenvalue weighted by molar-refractivity contribution is 0.0955. The zero-order valence-corrected chi connectivity index (χ0v) is 13.4. The van der Waals surface area contributed by atoms with Gasteiger partial charge in [-0.15, -0.1) is 6.58 Å². The number of carbonyl (C=O) groups excluding carboxylic acids is 2. The Kier molecular flexibility index (Phi) is 6.30. The number of hydrogen-bond donors (Lipinski definition) is 4. The fraction of sp³-hybridized carbons (Fsp3) is 0.0556. The van der Waals surface area contributed by atoms with Crippen LogP contribution in [0.3, 0.4) is 0 Å². The third-order valence-corrected chi connectivity index (χ3v) is 3.12. The molecule has 0 heterocycles. The molecule has 0 aliphatic carbocycles. The van der Waals surface area contributed by atoms with E-state index in [0.717, 1.165) is 0 Å². The van der Waals surface area contributed by atoms with Crippen LogP contribution in [0.15, 0.2) is 66.3 Å². The Hall–Kier alpha value is -3.61. The number of carbonyl (C=O) groups is 2. The number of nitrogens with one attached hydrogen (secondary N) is 3. The highest BCUT2D eigenvalue weighted by Gasteiger charge is 2.05. The van der Waals surface area contributed by atoms with Crippen molar-refractivity contribution in [3.8, 4) is 5.75 Å². The van der Waals surface area contributed by atoms with Gasteiger partial charge in [0, 0.05) is 23.4 Å². The Morgan fingerprint density at radius 1 is 1.12 bits per heavy atom. The van der Waals surface area contributed by atoms with Crippen LogP contribution in [0.25, 0.3) is 0 Å².